The molecule has 0 aromatic heterocycles. The summed E-state index contributed by atoms with van der Waals surface area (Å²) in [6.45, 7) is 8.73. The van der Waals surface area contributed by atoms with Crippen LogP contribution in [0.3, 0.4) is 0 Å². The van der Waals surface area contributed by atoms with Crippen molar-refractivity contribution in [3.8, 4) is 0 Å². The molecule has 0 bridgehead atoms. The van der Waals surface area contributed by atoms with Crippen molar-refractivity contribution in [1.29, 1.82) is 0 Å². The maximum Gasteiger partial charge on any atom is 0.407 e. The lowest BCUT2D eigenvalue weighted by Crippen LogP contribution is -2.55. The van der Waals surface area contributed by atoms with Crippen molar-refractivity contribution in [2.75, 3.05) is 13.1 Å². The number of hydrogen-bond acceptors (Lipinski definition) is 7. The summed E-state index contributed by atoms with van der Waals surface area (Å²) in [7, 11) is 0. The first-order chi connectivity index (χ1) is 15.8. The summed E-state index contributed by atoms with van der Waals surface area (Å²) in [5.41, 5.74) is 5.76. The number of rotatable bonds is 12. The zero-order valence-corrected chi connectivity index (χ0v) is 21.5. The Bertz CT molecular complexity index is 826. The van der Waals surface area contributed by atoms with E-state index in [4.69, 9.17) is 10.5 Å². The lowest BCUT2D eigenvalue weighted by molar-refractivity contribution is -0.131. The first-order valence-corrected chi connectivity index (χ1v) is 11.9. The molecule has 0 radical (unpaired) electrons. The van der Waals surface area contributed by atoms with Crippen LogP contribution < -0.4 is 21.7 Å². The molecule has 10 heteroatoms. The van der Waals surface area contributed by atoms with Gasteiger partial charge in [0, 0.05) is 6.54 Å². The van der Waals surface area contributed by atoms with Gasteiger partial charge in [-0.3, -0.25) is 14.4 Å². The van der Waals surface area contributed by atoms with Crippen LogP contribution in [0.5, 0.6) is 0 Å². The van der Waals surface area contributed by atoms with E-state index in [0.717, 1.165) is 5.56 Å². The minimum atomic E-state index is -0.902. The highest BCUT2D eigenvalue weighted by Gasteiger charge is 2.29. The Balaban J connectivity index is 2.81. The number of Topliss-reactive ketones (excluding diaryl/α,β-unsaturated/α-hetero) is 1. The summed E-state index contributed by atoms with van der Waals surface area (Å²) in [6.07, 6.45) is -0.0215. The molecule has 3 atom stereocenters. The molecule has 5 N–H and O–H groups in total. The number of ketones is 1. The van der Waals surface area contributed by atoms with Crippen molar-refractivity contribution in [3.05, 3.63) is 35.9 Å². The molecule has 1 rings (SSSR count). The average molecular weight is 495 g/mol. The van der Waals surface area contributed by atoms with Crippen LogP contribution in [0.15, 0.2) is 30.3 Å². The second-order valence-corrected chi connectivity index (χ2v) is 10.1. The van der Waals surface area contributed by atoms with Crippen molar-refractivity contribution in [3.63, 3.8) is 0 Å². The van der Waals surface area contributed by atoms with Crippen molar-refractivity contribution in [2.45, 2.75) is 70.4 Å². The number of thiol groups is 1. The molecule has 0 fully saturated rings. The van der Waals surface area contributed by atoms with Crippen molar-refractivity contribution >= 4 is 36.3 Å². The molecular formula is C24H38N4O5S. The van der Waals surface area contributed by atoms with Crippen LogP contribution >= 0.6 is 12.6 Å². The van der Waals surface area contributed by atoms with E-state index in [9.17, 15) is 19.2 Å². The zero-order valence-electron chi connectivity index (χ0n) is 20.6. The van der Waals surface area contributed by atoms with Crippen LogP contribution in [0.25, 0.3) is 0 Å². The molecule has 1 aromatic rings. The third kappa shape index (κ3) is 11.5. The van der Waals surface area contributed by atoms with E-state index < -0.39 is 40.8 Å². The van der Waals surface area contributed by atoms with Crippen LogP contribution in [-0.2, 0) is 25.5 Å². The van der Waals surface area contributed by atoms with Gasteiger partial charge < -0.3 is 26.4 Å². The number of benzene rings is 1. The van der Waals surface area contributed by atoms with Gasteiger partial charge in [0.05, 0.1) is 17.8 Å². The molecule has 0 spiro atoms. The largest absolute Gasteiger partial charge is 0.444 e. The number of amides is 3. The van der Waals surface area contributed by atoms with Gasteiger partial charge in [0.15, 0.2) is 5.78 Å². The van der Waals surface area contributed by atoms with E-state index in [1.54, 1.807) is 20.8 Å². The first kappa shape index (κ1) is 29.4. The quantitative estimate of drug-likeness (QED) is 0.280. The number of carbonyl (C=O) groups is 4. The highest BCUT2D eigenvalue weighted by atomic mass is 32.1. The van der Waals surface area contributed by atoms with Gasteiger partial charge >= 0.3 is 6.09 Å². The molecule has 0 saturated heterocycles. The second-order valence-electron chi connectivity index (χ2n) is 9.51. The van der Waals surface area contributed by atoms with Gasteiger partial charge in [0.2, 0.25) is 11.8 Å². The molecule has 0 heterocycles. The van der Waals surface area contributed by atoms with Gasteiger partial charge in [0.1, 0.15) is 11.6 Å². The normalized spacial score (nSPS) is 14.0. The predicted octanol–water partition coefficient (Wildman–Crippen LogP) is 1.60. The molecule has 0 saturated carbocycles. The van der Waals surface area contributed by atoms with Crippen LogP contribution in [0, 0.1) is 5.92 Å². The maximum atomic E-state index is 13.0. The monoisotopic (exact) mass is 494 g/mol. The summed E-state index contributed by atoms with van der Waals surface area (Å²) >= 11 is 4.24. The van der Waals surface area contributed by atoms with Gasteiger partial charge in [0.25, 0.3) is 0 Å². The van der Waals surface area contributed by atoms with Gasteiger partial charge in [-0.1, -0.05) is 44.2 Å². The Morgan fingerprint density at radius 2 is 1.59 bits per heavy atom. The van der Waals surface area contributed by atoms with Crippen LogP contribution in [-0.4, -0.2) is 59.7 Å². The summed E-state index contributed by atoms with van der Waals surface area (Å²) in [5, 5.41) is 7.01. The van der Waals surface area contributed by atoms with E-state index in [-0.39, 0.29) is 24.8 Å². The molecule has 34 heavy (non-hydrogen) atoms. The fourth-order valence-corrected chi connectivity index (χ4v) is 3.23. The molecule has 0 aliphatic rings. The number of nitrogens with two attached hydrogens (primary N) is 1. The molecule has 190 valence electrons. The molecular weight excluding hydrogens is 456 g/mol. The number of nitrogens with one attached hydrogen (secondary N) is 3. The van der Waals surface area contributed by atoms with Crippen LogP contribution in [0.1, 0.15) is 46.6 Å². The topological polar surface area (TPSA) is 140 Å². The Kier molecular flexibility index (Phi) is 12.1. The van der Waals surface area contributed by atoms with Crippen molar-refractivity contribution < 1.29 is 23.9 Å². The van der Waals surface area contributed by atoms with Crippen molar-refractivity contribution in [2.24, 2.45) is 11.7 Å². The Labute approximate surface area is 207 Å². The Morgan fingerprint density at radius 1 is 1.00 bits per heavy atom. The third-order valence-electron chi connectivity index (χ3n) is 4.67. The summed E-state index contributed by atoms with van der Waals surface area (Å²) in [4.78, 5) is 49.9. The first-order valence-electron chi connectivity index (χ1n) is 11.3. The minimum Gasteiger partial charge on any atom is -0.444 e. The van der Waals surface area contributed by atoms with Gasteiger partial charge in [-0.2, -0.15) is 12.6 Å². The molecule has 1 unspecified atom stereocenters. The molecule has 1 aromatic carbocycles. The fourth-order valence-electron chi connectivity index (χ4n) is 3.07. The summed E-state index contributed by atoms with van der Waals surface area (Å²) < 4.78 is 5.14. The molecule has 9 nitrogen and oxygen atoms in total. The highest BCUT2D eigenvalue weighted by molar-refractivity contribution is 7.81. The summed E-state index contributed by atoms with van der Waals surface area (Å²) in [5.74, 6) is -1.22. The van der Waals surface area contributed by atoms with Gasteiger partial charge in [-0.05, 0) is 45.1 Å². The number of carbonyl (C=O) groups excluding carboxylic acids is 4. The second kappa shape index (κ2) is 14.0. The standard InChI is InChI=1S/C24H38N4O5S/c1-15(2)11-18(28-22(31)20(34)14-26-23(32)33-24(3,4)5)21(30)27-17(19(29)13-25)12-16-9-7-6-8-10-16/h6-10,15,17-18,20,34H,11-14,25H2,1-5H3,(H,26,32)(H,27,30)(H,28,31)/t17-,18-,20?/m0/s1. The number of hydrogen-bond donors (Lipinski definition) is 5. The highest BCUT2D eigenvalue weighted by Crippen LogP contribution is 2.10. The third-order valence-corrected chi connectivity index (χ3v) is 5.09. The average Bonchev–Trinajstić information content (AvgIpc) is 2.75. The number of alkyl carbamates (subject to hydrolysis) is 1. The minimum absolute atomic E-state index is 0.0812. The van der Waals surface area contributed by atoms with E-state index in [2.05, 4.69) is 28.6 Å². The molecule has 0 aliphatic heterocycles. The Morgan fingerprint density at radius 3 is 2.12 bits per heavy atom. The zero-order chi connectivity index (χ0) is 25.9. The van der Waals surface area contributed by atoms with E-state index >= 15 is 0 Å². The van der Waals surface area contributed by atoms with E-state index in [0.29, 0.717) is 12.8 Å². The van der Waals surface area contributed by atoms with Gasteiger partial charge in [-0.15, -0.1) is 0 Å². The SMILES string of the molecule is CC(C)C[C@H](NC(=O)C(S)CNC(=O)OC(C)(C)C)C(=O)N[C@@H](Cc1ccccc1)C(=O)CN. The lowest BCUT2D eigenvalue weighted by Gasteiger charge is -2.25. The maximum absolute atomic E-state index is 13.0. The smallest absolute Gasteiger partial charge is 0.407 e. The fraction of sp³-hybridized carbons (Fsp3) is 0.583. The lowest BCUT2D eigenvalue weighted by atomic mass is 9.99. The molecule has 0 aliphatic carbocycles. The van der Waals surface area contributed by atoms with Gasteiger partial charge in [-0.25, -0.2) is 4.79 Å². The van der Waals surface area contributed by atoms with E-state index in [1.807, 2.05) is 44.2 Å². The number of ether oxygens (including phenoxy) is 1. The predicted molar refractivity (Wildman–Crippen MR) is 135 cm³/mol. The van der Waals surface area contributed by atoms with Crippen LogP contribution in [0.4, 0.5) is 4.79 Å². The Hall–Kier alpha value is -2.59. The van der Waals surface area contributed by atoms with E-state index in [1.165, 1.54) is 0 Å². The summed E-state index contributed by atoms with van der Waals surface area (Å²) in [6, 6.07) is 7.59. The molecule has 3 amide bonds. The van der Waals surface area contributed by atoms with Crippen molar-refractivity contribution in [1.82, 2.24) is 16.0 Å². The van der Waals surface area contributed by atoms with Crippen LogP contribution in [0.2, 0.25) is 0 Å².